The van der Waals surface area contributed by atoms with E-state index >= 15 is 0 Å². The van der Waals surface area contributed by atoms with Gasteiger partial charge in [-0.1, -0.05) is 13.8 Å². The fourth-order valence-electron chi connectivity index (χ4n) is 2.27. The second-order valence-electron chi connectivity index (χ2n) is 4.72. The number of nitrogens with zero attached hydrogens (tertiary/aromatic N) is 4. The molecule has 2 aromatic heterocycles. The van der Waals surface area contributed by atoms with Crippen molar-refractivity contribution in [2.45, 2.75) is 26.7 Å². The standard InChI is InChI=1S/C14H16N6O/c1-3-12-18-13(4-2)20(19-12)11-6-10-8(5-9(11)15)14(21)17-7-16-10/h5-7H,3-4,15H2,1-2H3,(H,16,17,21). The van der Waals surface area contributed by atoms with Crippen molar-refractivity contribution in [3.05, 3.63) is 40.5 Å². The van der Waals surface area contributed by atoms with Gasteiger partial charge in [0, 0.05) is 12.8 Å². The number of hydrogen-bond acceptors (Lipinski definition) is 5. The summed E-state index contributed by atoms with van der Waals surface area (Å²) in [4.78, 5) is 23.0. The molecule has 2 heterocycles. The van der Waals surface area contributed by atoms with Crippen LogP contribution in [0.3, 0.4) is 0 Å². The summed E-state index contributed by atoms with van der Waals surface area (Å²) in [5.74, 6) is 1.60. The Hall–Kier alpha value is -2.70. The van der Waals surface area contributed by atoms with Gasteiger partial charge in [-0.3, -0.25) is 4.79 Å². The van der Waals surface area contributed by atoms with Gasteiger partial charge in [-0.15, -0.1) is 0 Å². The molecule has 3 rings (SSSR count). The molecular weight excluding hydrogens is 268 g/mol. The molecule has 0 radical (unpaired) electrons. The molecule has 7 heteroatoms. The van der Waals surface area contributed by atoms with Gasteiger partial charge in [-0.05, 0) is 12.1 Å². The number of aromatic nitrogens is 5. The Morgan fingerprint density at radius 3 is 2.81 bits per heavy atom. The Morgan fingerprint density at radius 1 is 1.29 bits per heavy atom. The number of aryl methyl sites for hydroxylation is 2. The first-order valence-electron chi connectivity index (χ1n) is 6.86. The number of rotatable bonds is 3. The normalized spacial score (nSPS) is 11.1. The second-order valence-corrected chi connectivity index (χ2v) is 4.72. The van der Waals surface area contributed by atoms with Gasteiger partial charge >= 0.3 is 0 Å². The van der Waals surface area contributed by atoms with E-state index in [1.54, 1.807) is 16.8 Å². The van der Waals surface area contributed by atoms with Crippen LogP contribution in [0.2, 0.25) is 0 Å². The minimum Gasteiger partial charge on any atom is -0.397 e. The maximum absolute atomic E-state index is 11.8. The van der Waals surface area contributed by atoms with Crippen molar-refractivity contribution in [1.82, 2.24) is 24.7 Å². The lowest BCUT2D eigenvalue weighted by molar-refractivity contribution is 0.793. The van der Waals surface area contributed by atoms with Crippen LogP contribution in [0.5, 0.6) is 0 Å². The SMILES string of the molecule is CCc1nc(CC)n(-c2cc3nc[nH]c(=O)c3cc2N)n1. The topological polar surface area (TPSA) is 102 Å². The average molecular weight is 284 g/mol. The van der Waals surface area contributed by atoms with E-state index in [0.717, 1.165) is 24.5 Å². The number of aromatic amines is 1. The van der Waals surface area contributed by atoms with Gasteiger partial charge in [0.25, 0.3) is 5.56 Å². The summed E-state index contributed by atoms with van der Waals surface area (Å²) in [6.07, 6.45) is 2.88. The third-order valence-corrected chi connectivity index (χ3v) is 3.37. The van der Waals surface area contributed by atoms with Crippen molar-refractivity contribution >= 4 is 16.6 Å². The number of nitrogen functional groups attached to an aromatic ring is 1. The smallest absolute Gasteiger partial charge is 0.258 e. The molecule has 0 spiro atoms. The van der Waals surface area contributed by atoms with E-state index in [9.17, 15) is 4.79 Å². The number of nitrogens with one attached hydrogen (secondary N) is 1. The summed E-state index contributed by atoms with van der Waals surface area (Å²) in [6.45, 7) is 4.02. The Labute approximate surface area is 120 Å². The zero-order valence-corrected chi connectivity index (χ0v) is 11.9. The van der Waals surface area contributed by atoms with Crippen molar-refractivity contribution in [3.8, 4) is 5.69 Å². The molecule has 0 atom stereocenters. The fourth-order valence-corrected chi connectivity index (χ4v) is 2.27. The maximum Gasteiger partial charge on any atom is 0.258 e. The highest BCUT2D eigenvalue weighted by Gasteiger charge is 2.13. The average Bonchev–Trinajstić information content (AvgIpc) is 2.91. The van der Waals surface area contributed by atoms with Gasteiger partial charge in [-0.2, -0.15) is 5.10 Å². The molecule has 0 saturated heterocycles. The minimum absolute atomic E-state index is 0.207. The van der Waals surface area contributed by atoms with Crippen LogP contribution in [0, 0.1) is 0 Å². The van der Waals surface area contributed by atoms with Crippen LogP contribution in [-0.4, -0.2) is 24.7 Å². The van der Waals surface area contributed by atoms with E-state index in [4.69, 9.17) is 5.73 Å². The molecule has 0 aliphatic rings. The molecule has 21 heavy (non-hydrogen) atoms. The lowest BCUT2D eigenvalue weighted by Gasteiger charge is -2.09. The number of H-pyrrole nitrogens is 1. The van der Waals surface area contributed by atoms with Crippen LogP contribution in [-0.2, 0) is 12.8 Å². The van der Waals surface area contributed by atoms with Crippen LogP contribution < -0.4 is 11.3 Å². The van der Waals surface area contributed by atoms with Crippen molar-refractivity contribution in [3.63, 3.8) is 0 Å². The third-order valence-electron chi connectivity index (χ3n) is 3.37. The summed E-state index contributed by atoms with van der Waals surface area (Å²) in [6, 6.07) is 3.40. The first-order chi connectivity index (χ1) is 10.1. The predicted octanol–water partition coefficient (Wildman–Crippen LogP) is 1.21. The van der Waals surface area contributed by atoms with Crippen molar-refractivity contribution in [2.24, 2.45) is 0 Å². The Morgan fingerprint density at radius 2 is 2.10 bits per heavy atom. The zero-order valence-electron chi connectivity index (χ0n) is 11.9. The number of anilines is 1. The molecule has 0 amide bonds. The Kier molecular flexibility index (Phi) is 3.17. The highest BCUT2D eigenvalue weighted by atomic mass is 16.1. The van der Waals surface area contributed by atoms with Gasteiger partial charge in [-0.25, -0.2) is 14.6 Å². The summed E-state index contributed by atoms with van der Waals surface area (Å²) in [5, 5.41) is 4.94. The molecule has 1 aromatic carbocycles. The highest BCUT2D eigenvalue weighted by molar-refractivity contribution is 5.85. The van der Waals surface area contributed by atoms with Gasteiger partial charge in [0.05, 0.1) is 28.6 Å². The van der Waals surface area contributed by atoms with E-state index in [-0.39, 0.29) is 5.56 Å². The molecular formula is C14H16N6O. The first kappa shape index (κ1) is 13.3. The van der Waals surface area contributed by atoms with E-state index in [2.05, 4.69) is 20.1 Å². The van der Waals surface area contributed by atoms with Crippen molar-refractivity contribution < 1.29 is 0 Å². The van der Waals surface area contributed by atoms with Crippen LogP contribution in [0.4, 0.5) is 5.69 Å². The number of benzene rings is 1. The van der Waals surface area contributed by atoms with E-state index in [1.807, 2.05) is 13.8 Å². The number of hydrogen-bond donors (Lipinski definition) is 2. The summed E-state index contributed by atoms with van der Waals surface area (Å²) in [5.41, 5.74) is 7.64. The van der Waals surface area contributed by atoms with Crippen LogP contribution in [0.15, 0.2) is 23.3 Å². The fraction of sp³-hybridized carbons (Fsp3) is 0.286. The Bertz CT molecular complexity index is 864. The van der Waals surface area contributed by atoms with E-state index in [0.29, 0.717) is 22.3 Å². The molecule has 0 bridgehead atoms. The maximum atomic E-state index is 11.8. The molecule has 0 fully saturated rings. The minimum atomic E-state index is -0.207. The van der Waals surface area contributed by atoms with E-state index < -0.39 is 0 Å². The molecule has 0 unspecified atom stereocenters. The van der Waals surface area contributed by atoms with Crippen LogP contribution in [0.1, 0.15) is 25.5 Å². The molecule has 0 aliphatic heterocycles. The first-order valence-corrected chi connectivity index (χ1v) is 6.86. The molecule has 7 nitrogen and oxygen atoms in total. The summed E-state index contributed by atoms with van der Waals surface area (Å²) >= 11 is 0. The van der Waals surface area contributed by atoms with Gasteiger partial charge in [0.15, 0.2) is 5.82 Å². The van der Waals surface area contributed by atoms with Gasteiger partial charge < -0.3 is 10.7 Å². The van der Waals surface area contributed by atoms with Crippen molar-refractivity contribution in [1.29, 1.82) is 0 Å². The Balaban J connectivity index is 2.27. The molecule has 3 aromatic rings. The molecule has 3 N–H and O–H groups in total. The van der Waals surface area contributed by atoms with E-state index in [1.165, 1.54) is 6.33 Å². The monoisotopic (exact) mass is 284 g/mol. The lowest BCUT2D eigenvalue weighted by Crippen LogP contribution is -2.10. The van der Waals surface area contributed by atoms with Crippen LogP contribution >= 0.6 is 0 Å². The number of fused-ring (bicyclic) bond motifs is 1. The molecule has 0 saturated carbocycles. The lowest BCUT2D eigenvalue weighted by atomic mass is 10.2. The third kappa shape index (κ3) is 2.16. The largest absolute Gasteiger partial charge is 0.397 e. The van der Waals surface area contributed by atoms with Gasteiger partial charge in [0.2, 0.25) is 0 Å². The van der Waals surface area contributed by atoms with Gasteiger partial charge in [0.1, 0.15) is 5.82 Å². The summed E-state index contributed by atoms with van der Waals surface area (Å²) < 4.78 is 1.73. The number of nitrogens with two attached hydrogens (primary N) is 1. The second kappa shape index (κ2) is 5.01. The highest BCUT2D eigenvalue weighted by Crippen LogP contribution is 2.22. The molecule has 108 valence electrons. The zero-order chi connectivity index (χ0) is 15.0. The molecule has 0 aliphatic carbocycles. The van der Waals surface area contributed by atoms with Crippen LogP contribution in [0.25, 0.3) is 16.6 Å². The van der Waals surface area contributed by atoms with Crippen molar-refractivity contribution in [2.75, 3.05) is 5.73 Å². The predicted molar refractivity (Wildman–Crippen MR) is 80.4 cm³/mol. The summed E-state index contributed by atoms with van der Waals surface area (Å²) in [7, 11) is 0. The quantitative estimate of drug-likeness (QED) is 0.704.